The largest absolute Gasteiger partial charge is 0.296 e. The van der Waals surface area contributed by atoms with Gasteiger partial charge < -0.3 is 0 Å². The summed E-state index contributed by atoms with van der Waals surface area (Å²) in [5.41, 5.74) is 2.16. The van der Waals surface area contributed by atoms with Crippen molar-refractivity contribution in [3.63, 3.8) is 0 Å². The number of aromatic nitrogens is 3. The van der Waals surface area contributed by atoms with Crippen LogP contribution in [-0.4, -0.2) is 21.2 Å². The average Bonchev–Trinajstić information content (AvgIpc) is 2.29. The van der Waals surface area contributed by atoms with Crippen LogP contribution < -0.4 is 0 Å². The van der Waals surface area contributed by atoms with Crippen molar-refractivity contribution in [1.29, 1.82) is 0 Å². The highest BCUT2D eigenvalue weighted by molar-refractivity contribution is 5.71. The molecule has 0 aliphatic heterocycles. The van der Waals surface area contributed by atoms with E-state index in [4.69, 9.17) is 0 Å². The lowest BCUT2D eigenvalue weighted by molar-refractivity contribution is 0.111. The van der Waals surface area contributed by atoms with E-state index >= 15 is 0 Å². The Hall–Kier alpha value is -2.10. The fourth-order valence-corrected chi connectivity index (χ4v) is 1.49. The molecule has 0 amide bonds. The van der Waals surface area contributed by atoms with Crippen LogP contribution in [0.15, 0.2) is 30.5 Å². The topological polar surface area (TPSA) is 55.7 Å². The van der Waals surface area contributed by atoms with Crippen molar-refractivity contribution in [3.8, 4) is 0 Å². The summed E-state index contributed by atoms with van der Waals surface area (Å²) >= 11 is 0. The fourth-order valence-electron chi connectivity index (χ4n) is 1.49. The number of nitrogens with zero attached hydrogens (tertiary/aromatic N) is 3. The number of pyridine rings is 1. The molecule has 4 nitrogen and oxygen atoms in total. The van der Waals surface area contributed by atoms with Gasteiger partial charge in [-0.3, -0.25) is 9.78 Å². The van der Waals surface area contributed by atoms with Crippen LogP contribution in [0.3, 0.4) is 0 Å². The zero-order valence-electron chi connectivity index (χ0n) is 8.92. The molecule has 0 radical (unpaired) electrons. The maximum absolute atomic E-state index is 10.7. The number of aldehydes is 1. The molecule has 0 fully saturated rings. The molecule has 2 aromatic rings. The third kappa shape index (κ3) is 2.48. The molecule has 0 aliphatic carbocycles. The summed E-state index contributed by atoms with van der Waals surface area (Å²) in [6.07, 6.45) is 3.09. The standard InChI is InChI=1S/C12H11N3O/c1-9-14-11(7-12(8-16)15-9)6-10-4-2-3-5-13-10/h2-5,7-8H,6H2,1H3. The first-order valence-electron chi connectivity index (χ1n) is 4.97. The first kappa shape index (κ1) is 10.4. The first-order chi connectivity index (χ1) is 7.78. The van der Waals surface area contributed by atoms with E-state index in [1.807, 2.05) is 18.2 Å². The first-order valence-corrected chi connectivity index (χ1v) is 4.97. The predicted molar refractivity (Wildman–Crippen MR) is 59.2 cm³/mol. The molecule has 0 bridgehead atoms. The van der Waals surface area contributed by atoms with Crippen LogP contribution in [0, 0.1) is 6.92 Å². The fraction of sp³-hybridized carbons (Fsp3) is 0.167. The van der Waals surface area contributed by atoms with Gasteiger partial charge in [-0.25, -0.2) is 9.97 Å². The van der Waals surface area contributed by atoms with E-state index in [0.717, 1.165) is 17.7 Å². The molecular weight excluding hydrogens is 202 g/mol. The van der Waals surface area contributed by atoms with Gasteiger partial charge >= 0.3 is 0 Å². The second-order valence-corrected chi connectivity index (χ2v) is 3.45. The minimum absolute atomic E-state index is 0.415. The maximum atomic E-state index is 10.7. The second-order valence-electron chi connectivity index (χ2n) is 3.45. The summed E-state index contributed by atoms with van der Waals surface area (Å²) in [6.45, 7) is 1.77. The van der Waals surface area contributed by atoms with Crippen LogP contribution >= 0.6 is 0 Å². The van der Waals surface area contributed by atoms with E-state index in [1.165, 1.54) is 0 Å². The summed E-state index contributed by atoms with van der Waals surface area (Å²) < 4.78 is 0. The van der Waals surface area contributed by atoms with Gasteiger partial charge in [-0.15, -0.1) is 0 Å². The Bertz CT molecular complexity index is 497. The van der Waals surface area contributed by atoms with Gasteiger partial charge in [-0.1, -0.05) is 6.07 Å². The molecule has 2 aromatic heterocycles. The van der Waals surface area contributed by atoms with Crippen molar-refractivity contribution in [1.82, 2.24) is 15.0 Å². The Kier molecular flexibility index (Phi) is 3.00. The third-order valence-electron chi connectivity index (χ3n) is 2.12. The van der Waals surface area contributed by atoms with Gasteiger partial charge in [-0.05, 0) is 25.1 Å². The van der Waals surface area contributed by atoms with Gasteiger partial charge in [0.05, 0.1) is 5.69 Å². The van der Waals surface area contributed by atoms with Gasteiger partial charge in [-0.2, -0.15) is 0 Å². The van der Waals surface area contributed by atoms with Crippen LogP contribution in [0.4, 0.5) is 0 Å². The van der Waals surface area contributed by atoms with E-state index < -0.39 is 0 Å². The number of carbonyl (C=O) groups excluding carboxylic acids is 1. The lowest BCUT2D eigenvalue weighted by Crippen LogP contribution is -2.01. The minimum Gasteiger partial charge on any atom is -0.296 e. The number of hydrogen-bond acceptors (Lipinski definition) is 4. The Morgan fingerprint density at radius 3 is 2.81 bits per heavy atom. The highest BCUT2D eigenvalue weighted by atomic mass is 16.1. The van der Waals surface area contributed by atoms with Gasteiger partial charge in [0.2, 0.25) is 0 Å². The molecule has 0 saturated heterocycles. The summed E-state index contributed by atoms with van der Waals surface area (Å²) in [7, 11) is 0. The van der Waals surface area contributed by atoms with E-state index in [-0.39, 0.29) is 0 Å². The number of rotatable bonds is 3. The Balaban J connectivity index is 2.28. The maximum Gasteiger partial charge on any atom is 0.168 e. The van der Waals surface area contributed by atoms with Crippen molar-refractivity contribution >= 4 is 6.29 Å². The van der Waals surface area contributed by atoms with Crippen molar-refractivity contribution in [2.24, 2.45) is 0 Å². The van der Waals surface area contributed by atoms with Gasteiger partial charge in [0.25, 0.3) is 0 Å². The normalized spacial score (nSPS) is 10.1. The van der Waals surface area contributed by atoms with Gasteiger partial charge in [0.15, 0.2) is 6.29 Å². The molecular formula is C12H11N3O. The Morgan fingerprint density at radius 2 is 2.12 bits per heavy atom. The van der Waals surface area contributed by atoms with Crippen molar-refractivity contribution < 1.29 is 4.79 Å². The van der Waals surface area contributed by atoms with Crippen LogP contribution in [0.5, 0.6) is 0 Å². The lowest BCUT2D eigenvalue weighted by atomic mass is 10.2. The highest BCUT2D eigenvalue weighted by Crippen LogP contribution is 2.05. The minimum atomic E-state index is 0.415. The summed E-state index contributed by atoms with van der Waals surface area (Å²) in [5.74, 6) is 0.607. The van der Waals surface area contributed by atoms with Crippen molar-refractivity contribution in [3.05, 3.63) is 53.4 Å². The zero-order chi connectivity index (χ0) is 11.4. The monoisotopic (exact) mass is 213 g/mol. The van der Waals surface area contributed by atoms with E-state index in [1.54, 1.807) is 19.2 Å². The molecule has 2 heterocycles. The quantitative estimate of drug-likeness (QED) is 0.726. The molecule has 0 N–H and O–H groups in total. The van der Waals surface area contributed by atoms with Crippen molar-refractivity contribution in [2.45, 2.75) is 13.3 Å². The Morgan fingerprint density at radius 1 is 1.25 bits per heavy atom. The molecule has 0 aromatic carbocycles. The van der Waals surface area contributed by atoms with Crippen LogP contribution in [0.1, 0.15) is 27.7 Å². The van der Waals surface area contributed by atoms with Gasteiger partial charge in [0.1, 0.15) is 11.5 Å². The predicted octanol–water partition coefficient (Wildman–Crippen LogP) is 1.58. The molecule has 0 saturated carbocycles. The molecule has 0 unspecified atom stereocenters. The summed E-state index contributed by atoms with van der Waals surface area (Å²) in [5, 5.41) is 0. The van der Waals surface area contributed by atoms with E-state index in [0.29, 0.717) is 17.9 Å². The smallest absolute Gasteiger partial charge is 0.168 e. The zero-order valence-corrected chi connectivity index (χ0v) is 8.92. The van der Waals surface area contributed by atoms with E-state index in [9.17, 15) is 4.79 Å². The van der Waals surface area contributed by atoms with Crippen molar-refractivity contribution in [2.75, 3.05) is 0 Å². The third-order valence-corrected chi connectivity index (χ3v) is 2.12. The molecule has 2 rings (SSSR count). The van der Waals surface area contributed by atoms with Crippen LogP contribution in [0.2, 0.25) is 0 Å². The van der Waals surface area contributed by atoms with Gasteiger partial charge in [0, 0.05) is 18.3 Å². The molecule has 0 spiro atoms. The summed E-state index contributed by atoms with van der Waals surface area (Å²) in [4.78, 5) is 23.1. The number of aryl methyl sites for hydroxylation is 1. The highest BCUT2D eigenvalue weighted by Gasteiger charge is 2.02. The Labute approximate surface area is 93.4 Å². The lowest BCUT2D eigenvalue weighted by Gasteiger charge is -2.02. The number of carbonyl (C=O) groups is 1. The molecule has 0 aliphatic rings. The molecule has 16 heavy (non-hydrogen) atoms. The molecule has 4 heteroatoms. The van der Waals surface area contributed by atoms with E-state index in [2.05, 4.69) is 15.0 Å². The summed E-state index contributed by atoms with van der Waals surface area (Å²) in [6, 6.07) is 7.41. The second kappa shape index (κ2) is 4.61. The number of hydrogen-bond donors (Lipinski definition) is 0. The molecule has 80 valence electrons. The molecule has 0 atom stereocenters. The average molecular weight is 213 g/mol. The SMILES string of the molecule is Cc1nc(C=O)cc(Cc2ccccn2)n1. The van der Waals surface area contributed by atoms with Crippen LogP contribution in [0.25, 0.3) is 0 Å². The van der Waals surface area contributed by atoms with Crippen LogP contribution in [-0.2, 0) is 6.42 Å².